The van der Waals surface area contributed by atoms with Gasteiger partial charge >= 0.3 is 0 Å². The Balaban J connectivity index is 2.03. The van der Waals surface area contributed by atoms with Crippen LogP contribution in [0, 0.1) is 0 Å². The van der Waals surface area contributed by atoms with Crippen LogP contribution >= 0.6 is 0 Å². The van der Waals surface area contributed by atoms with Crippen LogP contribution in [0.4, 0.5) is 0 Å². The fourth-order valence-corrected chi connectivity index (χ4v) is 1.95. The number of H-pyrrole nitrogens is 1. The first-order valence-corrected chi connectivity index (χ1v) is 6.63. The number of aromatic amines is 1. The lowest BCUT2D eigenvalue weighted by Gasteiger charge is -2.19. The van der Waals surface area contributed by atoms with Crippen LogP contribution in [0.5, 0.6) is 5.75 Å². The Bertz CT molecular complexity index is 494. The first kappa shape index (κ1) is 13.6. The second-order valence-corrected chi connectivity index (χ2v) is 4.88. The fraction of sp³-hybridized carbons (Fsp3) is 0.400. The molecule has 2 N–H and O–H groups in total. The van der Waals surface area contributed by atoms with Crippen LogP contribution in [0.1, 0.15) is 38.1 Å². The highest BCUT2D eigenvalue weighted by Crippen LogP contribution is 2.25. The first-order chi connectivity index (χ1) is 9.16. The second kappa shape index (κ2) is 6.38. The average molecular weight is 259 g/mol. The summed E-state index contributed by atoms with van der Waals surface area (Å²) in [5.41, 5.74) is 2.25. The Morgan fingerprint density at radius 3 is 2.74 bits per heavy atom. The van der Waals surface area contributed by atoms with Crippen LogP contribution in [0.2, 0.25) is 0 Å². The molecule has 0 saturated heterocycles. The second-order valence-electron chi connectivity index (χ2n) is 4.88. The van der Waals surface area contributed by atoms with Crippen LogP contribution in [0.15, 0.2) is 36.8 Å². The molecule has 0 amide bonds. The molecular formula is C15H21N3O. The van der Waals surface area contributed by atoms with Gasteiger partial charge in [0.1, 0.15) is 5.75 Å². The van der Waals surface area contributed by atoms with E-state index in [0.717, 1.165) is 18.0 Å². The Labute approximate surface area is 114 Å². The van der Waals surface area contributed by atoms with Crippen LogP contribution in [0.25, 0.3) is 0 Å². The van der Waals surface area contributed by atoms with Gasteiger partial charge in [-0.25, -0.2) is 4.98 Å². The summed E-state index contributed by atoms with van der Waals surface area (Å²) in [4.78, 5) is 7.10. The molecule has 0 spiro atoms. The predicted molar refractivity (Wildman–Crippen MR) is 76.0 cm³/mol. The number of imidazole rings is 1. The van der Waals surface area contributed by atoms with Gasteiger partial charge in [-0.1, -0.05) is 18.2 Å². The maximum atomic E-state index is 5.84. The van der Waals surface area contributed by atoms with Crippen LogP contribution in [-0.4, -0.2) is 16.1 Å². The van der Waals surface area contributed by atoms with Gasteiger partial charge in [-0.2, -0.15) is 0 Å². The summed E-state index contributed by atoms with van der Waals surface area (Å²) in [6.07, 6.45) is 3.70. The number of para-hydroxylation sites is 1. The van der Waals surface area contributed by atoms with Crippen molar-refractivity contribution in [1.82, 2.24) is 15.3 Å². The van der Waals surface area contributed by atoms with Gasteiger partial charge in [-0.3, -0.25) is 0 Å². The Kier molecular flexibility index (Phi) is 4.58. The van der Waals surface area contributed by atoms with Gasteiger partial charge in [0, 0.05) is 30.0 Å². The molecule has 1 aromatic heterocycles. The topological polar surface area (TPSA) is 49.9 Å². The van der Waals surface area contributed by atoms with E-state index in [1.54, 1.807) is 6.33 Å². The molecule has 0 saturated carbocycles. The Morgan fingerprint density at radius 2 is 2.05 bits per heavy atom. The highest BCUT2D eigenvalue weighted by molar-refractivity contribution is 5.35. The molecular weight excluding hydrogens is 238 g/mol. The molecule has 4 heteroatoms. The third-order valence-electron chi connectivity index (χ3n) is 2.90. The largest absolute Gasteiger partial charge is 0.491 e. The number of nitrogens with one attached hydrogen (secondary N) is 2. The van der Waals surface area contributed by atoms with Crippen molar-refractivity contribution in [2.24, 2.45) is 0 Å². The van der Waals surface area contributed by atoms with Crippen molar-refractivity contribution < 1.29 is 4.74 Å². The molecule has 1 heterocycles. The van der Waals surface area contributed by atoms with Gasteiger partial charge in [0.25, 0.3) is 0 Å². The minimum Gasteiger partial charge on any atom is -0.491 e. The fourth-order valence-electron chi connectivity index (χ4n) is 1.95. The van der Waals surface area contributed by atoms with Crippen molar-refractivity contribution in [3.8, 4) is 5.75 Å². The average Bonchev–Trinajstić information content (AvgIpc) is 2.89. The van der Waals surface area contributed by atoms with E-state index in [4.69, 9.17) is 4.74 Å². The zero-order chi connectivity index (χ0) is 13.7. The van der Waals surface area contributed by atoms with Gasteiger partial charge in [-0.05, 0) is 26.8 Å². The monoisotopic (exact) mass is 259 g/mol. The lowest BCUT2D eigenvalue weighted by atomic mass is 10.1. The standard InChI is InChI=1S/C15H21N3O/c1-11(2)19-15-7-5-4-6-14(15)12(3)17-9-13-8-16-10-18-13/h4-8,10-12,17H,9H2,1-3H3,(H,16,18). The number of rotatable bonds is 6. The van der Waals surface area contributed by atoms with E-state index in [-0.39, 0.29) is 12.1 Å². The number of aromatic nitrogens is 2. The normalized spacial score (nSPS) is 12.6. The molecule has 0 fully saturated rings. The van der Waals surface area contributed by atoms with Crippen molar-refractivity contribution in [3.63, 3.8) is 0 Å². The van der Waals surface area contributed by atoms with Crippen molar-refractivity contribution in [3.05, 3.63) is 48.0 Å². The molecule has 0 radical (unpaired) electrons. The molecule has 1 unspecified atom stereocenters. The van der Waals surface area contributed by atoms with Crippen LogP contribution in [-0.2, 0) is 6.54 Å². The number of hydrogen-bond acceptors (Lipinski definition) is 3. The number of ether oxygens (including phenoxy) is 1. The van der Waals surface area contributed by atoms with E-state index >= 15 is 0 Å². The smallest absolute Gasteiger partial charge is 0.124 e. The summed E-state index contributed by atoms with van der Waals surface area (Å²) in [6, 6.07) is 8.38. The van der Waals surface area contributed by atoms with E-state index < -0.39 is 0 Å². The molecule has 4 nitrogen and oxygen atoms in total. The van der Waals surface area contributed by atoms with E-state index in [9.17, 15) is 0 Å². The van der Waals surface area contributed by atoms with E-state index in [2.05, 4.69) is 28.3 Å². The van der Waals surface area contributed by atoms with Crippen molar-refractivity contribution >= 4 is 0 Å². The molecule has 0 aliphatic heterocycles. The molecule has 19 heavy (non-hydrogen) atoms. The van der Waals surface area contributed by atoms with Gasteiger partial charge in [0.15, 0.2) is 0 Å². The van der Waals surface area contributed by atoms with E-state index in [0.29, 0.717) is 0 Å². The molecule has 1 aromatic carbocycles. The van der Waals surface area contributed by atoms with Crippen molar-refractivity contribution in [1.29, 1.82) is 0 Å². The maximum absolute atomic E-state index is 5.84. The minimum atomic E-state index is 0.181. The molecule has 2 aromatic rings. The Hall–Kier alpha value is -1.81. The third-order valence-corrected chi connectivity index (χ3v) is 2.90. The predicted octanol–water partition coefficient (Wildman–Crippen LogP) is 3.05. The number of hydrogen-bond donors (Lipinski definition) is 2. The third kappa shape index (κ3) is 3.83. The zero-order valence-electron chi connectivity index (χ0n) is 11.7. The highest BCUT2D eigenvalue weighted by atomic mass is 16.5. The summed E-state index contributed by atoms with van der Waals surface area (Å²) in [6.45, 7) is 6.98. The van der Waals surface area contributed by atoms with Crippen LogP contribution in [0.3, 0.4) is 0 Å². The maximum Gasteiger partial charge on any atom is 0.124 e. The summed E-state index contributed by atoms with van der Waals surface area (Å²) in [5.74, 6) is 0.946. The van der Waals surface area contributed by atoms with Crippen molar-refractivity contribution in [2.45, 2.75) is 39.5 Å². The Morgan fingerprint density at radius 1 is 1.26 bits per heavy atom. The minimum absolute atomic E-state index is 0.181. The lowest BCUT2D eigenvalue weighted by molar-refractivity contribution is 0.238. The zero-order valence-corrected chi connectivity index (χ0v) is 11.7. The first-order valence-electron chi connectivity index (χ1n) is 6.63. The molecule has 0 bridgehead atoms. The van der Waals surface area contributed by atoms with Gasteiger partial charge < -0.3 is 15.0 Å². The van der Waals surface area contributed by atoms with E-state index in [1.165, 1.54) is 5.56 Å². The molecule has 2 rings (SSSR count). The highest BCUT2D eigenvalue weighted by Gasteiger charge is 2.11. The van der Waals surface area contributed by atoms with Gasteiger partial charge in [-0.15, -0.1) is 0 Å². The SMILES string of the molecule is CC(C)Oc1ccccc1C(C)NCc1cnc[nH]1. The summed E-state index contributed by atoms with van der Waals surface area (Å²) >= 11 is 0. The summed E-state index contributed by atoms with van der Waals surface area (Å²) in [7, 11) is 0. The van der Waals surface area contributed by atoms with Gasteiger partial charge in [0.2, 0.25) is 0 Å². The number of nitrogens with zero attached hydrogens (tertiary/aromatic N) is 1. The summed E-state index contributed by atoms with van der Waals surface area (Å²) < 4.78 is 5.84. The molecule has 0 aliphatic rings. The van der Waals surface area contributed by atoms with Crippen LogP contribution < -0.4 is 10.1 Å². The molecule has 0 aliphatic carbocycles. The molecule has 1 atom stereocenters. The lowest BCUT2D eigenvalue weighted by Crippen LogP contribution is -2.19. The van der Waals surface area contributed by atoms with Crippen molar-refractivity contribution in [2.75, 3.05) is 0 Å². The van der Waals surface area contributed by atoms with E-state index in [1.807, 2.05) is 38.2 Å². The number of benzene rings is 1. The molecule has 102 valence electrons. The summed E-state index contributed by atoms with van der Waals surface area (Å²) in [5, 5.41) is 3.46. The quantitative estimate of drug-likeness (QED) is 0.838. The van der Waals surface area contributed by atoms with Gasteiger partial charge in [0.05, 0.1) is 12.4 Å².